The Kier molecular flexibility index (Phi) is 4.97. The van der Waals surface area contributed by atoms with Gasteiger partial charge in [0, 0.05) is 13.0 Å². The predicted octanol–water partition coefficient (Wildman–Crippen LogP) is 2.96. The molecule has 0 spiro atoms. The first-order valence-corrected chi connectivity index (χ1v) is 6.56. The minimum Gasteiger partial charge on any atom is -0.448 e. The van der Waals surface area contributed by atoms with Gasteiger partial charge in [-0.05, 0) is 24.9 Å². The number of rotatable bonds is 7. The van der Waals surface area contributed by atoms with Crippen molar-refractivity contribution >= 4 is 0 Å². The fourth-order valence-corrected chi connectivity index (χ4v) is 1.98. The summed E-state index contributed by atoms with van der Waals surface area (Å²) >= 11 is 0. The summed E-state index contributed by atoms with van der Waals surface area (Å²) in [5.41, 5.74) is 2.43. The van der Waals surface area contributed by atoms with Crippen LogP contribution in [0.1, 0.15) is 30.4 Å². The van der Waals surface area contributed by atoms with Gasteiger partial charge in [0.1, 0.15) is 5.76 Å². The van der Waals surface area contributed by atoms with E-state index >= 15 is 0 Å². The van der Waals surface area contributed by atoms with Crippen molar-refractivity contribution in [2.24, 2.45) is 0 Å². The summed E-state index contributed by atoms with van der Waals surface area (Å²) in [6.07, 6.45) is 4.68. The maximum Gasteiger partial charge on any atom is 0.181 e. The van der Waals surface area contributed by atoms with Gasteiger partial charge in [-0.25, -0.2) is 4.98 Å². The topological polar surface area (TPSA) is 38.1 Å². The number of nitrogens with one attached hydrogen (secondary N) is 1. The zero-order valence-corrected chi connectivity index (χ0v) is 10.9. The minimum atomic E-state index is 0.799. The van der Waals surface area contributed by atoms with Gasteiger partial charge in [-0.15, -0.1) is 0 Å². The Morgan fingerprint density at radius 3 is 2.78 bits per heavy atom. The first-order chi connectivity index (χ1) is 8.90. The summed E-state index contributed by atoms with van der Waals surface area (Å²) in [5, 5.41) is 3.28. The molecule has 0 saturated heterocycles. The van der Waals surface area contributed by atoms with E-state index in [2.05, 4.69) is 47.6 Å². The van der Waals surface area contributed by atoms with Crippen LogP contribution in [0.2, 0.25) is 0 Å². The molecule has 1 heterocycles. The van der Waals surface area contributed by atoms with Crippen LogP contribution >= 0.6 is 0 Å². The Morgan fingerprint density at radius 2 is 2.00 bits per heavy atom. The van der Waals surface area contributed by atoms with Crippen LogP contribution in [0.4, 0.5) is 0 Å². The van der Waals surface area contributed by atoms with Crippen molar-refractivity contribution in [3.05, 3.63) is 53.7 Å². The van der Waals surface area contributed by atoms with Crippen LogP contribution in [0.3, 0.4) is 0 Å². The van der Waals surface area contributed by atoms with E-state index in [1.54, 1.807) is 6.39 Å². The number of hydrogen-bond donors (Lipinski definition) is 1. The van der Waals surface area contributed by atoms with Gasteiger partial charge in [0.2, 0.25) is 0 Å². The Balaban J connectivity index is 1.81. The molecule has 2 aromatic rings. The predicted molar refractivity (Wildman–Crippen MR) is 72.4 cm³/mol. The monoisotopic (exact) mass is 244 g/mol. The van der Waals surface area contributed by atoms with Crippen molar-refractivity contribution in [3.8, 4) is 0 Å². The lowest BCUT2D eigenvalue weighted by molar-refractivity contribution is 0.491. The molecule has 0 amide bonds. The normalized spacial score (nSPS) is 10.7. The second-order valence-corrected chi connectivity index (χ2v) is 4.34. The average molecular weight is 244 g/mol. The van der Waals surface area contributed by atoms with Crippen LogP contribution in [0.15, 0.2) is 41.1 Å². The highest BCUT2D eigenvalue weighted by Gasteiger charge is 2.07. The minimum absolute atomic E-state index is 0.799. The lowest BCUT2D eigenvalue weighted by Crippen LogP contribution is -2.13. The molecule has 0 atom stereocenters. The number of oxazole rings is 1. The Morgan fingerprint density at radius 1 is 1.17 bits per heavy atom. The molecule has 0 aliphatic rings. The lowest BCUT2D eigenvalue weighted by atomic mass is 10.1. The van der Waals surface area contributed by atoms with Gasteiger partial charge >= 0.3 is 0 Å². The van der Waals surface area contributed by atoms with Crippen LogP contribution in [-0.2, 0) is 19.4 Å². The van der Waals surface area contributed by atoms with E-state index in [4.69, 9.17) is 4.42 Å². The molecule has 1 N–H and O–H groups in total. The van der Waals surface area contributed by atoms with E-state index < -0.39 is 0 Å². The first kappa shape index (κ1) is 12.8. The molecule has 3 nitrogen and oxygen atoms in total. The lowest BCUT2D eigenvalue weighted by Gasteiger charge is -2.02. The number of benzene rings is 1. The number of aryl methyl sites for hydroxylation is 2. The summed E-state index contributed by atoms with van der Waals surface area (Å²) in [4.78, 5) is 4.25. The van der Waals surface area contributed by atoms with Gasteiger partial charge in [-0.1, -0.05) is 37.3 Å². The molecule has 1 aromatic carbocycles. The molecule has 0 bridgehead atoms. The fraction of sp³-hybridized carbons (Fsp3) is 0.400. The summed E-state index contributed by atoms with van der Waals surface area (Å²) < 4.78 is 5.45. The second kappa shape index (κ2) is 6.97. The van der Waals surface area contributed by atoms with E-state index in [9.17, 15) is 0 Å². The van der Waals surface area contributed by atoms with Gasteiger partial charge in [0.25, 0.3) is 0 Å². The van der Waals surface area contributed by atoms with E-state index in [1.165, 1.54) is 5.56 Å². The molecule has 0 aliphatic heterocycles. The highest BCUT2D eigenvalue weighted by atomic mass is 16.3. The van der Waals surface area contributed by atoms with Crippen molar-refractivity contribution in [3.63, 3.8) is 0 Å². The van der Waals surface area contributed by atoms with Crippen molar-refractivity contribution in [1.29, 1.82) is 0 Å². The number of hydrogen-bond acceptors (Lipinski definition) is 3. The van der Waals surface area contributed by atoms with Crippen LogP contribution in [-0.4, -0.2) is 11.5 Å². The molecule has 0 unspecified atom stereocenters. The van der Waals surface area contributed by atoms with Crippen LogP contribution in [0, 0.1) is 0 Å². The van der Waals surface area contributed by atoms with Crippen molar-refractivity contribution in [1.82, 2.24) is 10.3 Å². The maximum absolute atomic E-state index is 5.45. The molecule has 96 valence electrons. The highest BCUT2D eigenvalue weighted by molar-refractivity contribution is 5.15. The SMILES string of the molecule is CCNCc1ncoc1CCCc1ccccc1. The largest absolute Gasteiger partial charge is 0.448 e. The molecule has 0 saturated carbocycles. The Bertz CT molecular complexity index is 451. The number of aromatic nitrogens is 1. The van der Waals surface area contributed by atoms with Crippen LogP contribution in [0.25, 0.3) is 0 Å². The molecule has 0 fully saturated rings. The zero-order chi connectivity index (χ0) is 12.6. The quantitative estimate of drug-likeness (QED) is 0.813. The van der Waals surface area contributed by atoms with Crippen molar-refractivity contribution < 1.29 is 4.42 Å². The second-order valence-electron chi connectivity index (χ2n) is 4.34. The Hall–Kier alpha value is -1.61. The van der Waals surface area contributed by atoms with E-state index in [0.29, 0.717) is 0 Å². The highest BCUT2D eigenvalue weighted by Crippen LogP contribution is 2.12. The van der Waals surface area contributed by atoms with Gasteiger partial charge in [-0.3, -0.25) is 0 Å². The smallest absolute Gasteiger partial charge is 0.181 e. The van der Waals surface area contributed by atoms with Gasteiger partial charge in [-0.2, -0.15) is 0 Å². The molecular formula is C15H20N2O. The van der Waals surface area contributed by atoms with E-state index in [-0.39, 0.29) is 0 Å². The van der Waals surface area contributed by atoms with Crippen molar-refractivity contribution in [2.45, 2.75) is 32.7 Å². The third kappa shape index (κ3) is 3.70. The Labute approximate surface area is 108 Å². The van der Waals surface area contributed by atoms with E-state index in [0.717, 1.165) is 43.8 Å². The summed E-state index contributed by atoms with van der Waals surface area (Å²) in [7, 11) is 0. The third-order valence-electron chi connectivity index (χ3n) is 2.98. The fourth-order valence-electron chi connectivity index (χ4n) is 1.98. The van der Waals surface area contributed by atoms with Gasteiger partial charge < -0.3 is 9.73 Å². The molecule has 18 heavy (non-hydrogen) atoms. The first-order valence-electron chi connectivity index (χ1n) is 6.56. The zero-order valence-electron chi connectivity index (χ0n) is 10.9. The summed E-state index contributed by atoms with van der Waals surface area (Å²) in [6, 6.07) is 10.6. The molecular weight excluding hydrogens is 224 g/mol. The van der Waals surface area contributed by atoms with Gasteiger partial charge in [0.15, 0.2) is 6.39 Å². The van der Waals surface area contributed by atoms with E-state index in [1.807, 2.05) is 0 Å². The number of nitrogens with zero attached hydrogens (tertiary/aromatic N) is 1. The molecule has 3 heteroatoms. The van der Waals surface area contributed by atoms with Crippen LogP contribution in [0.5, 0.6) is 0 Å². The summed E-state index contributed by atoms with van der Waals surface area (Å²) in [5.74, 6) is 1.02. The van der Waals surface area contributed by atoms with Crippen LogP contribution < -0.4 is 5.32 Å². The molecule has 2 rings (SSSR count). The maximum atomic E-state index is 5.45. The van der Waals surface area contributed by atoms with Gasteiger partial charge in [0.05, 0.1) is 5.69 Å². The summed E-state index contributed by atoms with van der Waals surface area (Å²) in [6.45, 7) is 3.85. The van der Waals surface area contributed by atoms with Crippen molar-refractivity contribution in [2.75, 3.05) is 6.54 Å². The third-order valence-corrected chi connectivity index (χ3v) is 2.98. The molecule has 0 aliphatic carbocycles. The molecule has 0 radical (unpaired) electrons. The standard InChI is InChI=1S/C15H20N2O/c1-2-16-11-14-15(18-12-17-14)10-6-9-13-7-4-3-5-8-13/h3-5,7-8,12,16H,2,6,9-11H2,1H3. The average Bonchev–Trinajstić information content (AvgIpc) is 2.85. The molecule has 1 aromatic heterocycles.